The first-order chi connectivity index (χ1) is 16.4. The van der Waals surface area contributed by atoms with Gasteiger partial charge in [0.1, 0.15) is 6.02 Å². The Bertz CT molecular complexity index is 1240. The Balaban J connectivity index is 1.49. The fourth-order valence-corrected chi connectivity index (χ4v) is 3.82. The van der Waals surface area contributed by atoms with E-state index in [9.17, 15) is 28.0 Å². The van der Waals surface area contributed by atoms with E-state index in [0.29, 0.717) is 11.1 Å². The minimum atomic E-state index is -3.70. The van der Waals surface area contributed by atoms with Gasteiger partial charge in [0.05, 0.1) is 1.37 Å². The van der Waals surface area contributed by atoms with E-state index in [1.165, 1.54) is 24.3 Å². The molecule has 1 saturated heterocycles. The maximum absolute atomic E-state index is 14.5. The van der Waals surface area contributed by atoms with Crippen LogP contribution in [0.1, 0.15) is 49.0 Å². The minimum Gasteiger partial charge on any atom is -0.322 e. The van der Waals surface area contributed by atoms with Gasteiger partial charge in [-0.2, -0.15) is 8.78 Å². The van der Waals surface area contributed by atoms with Crippen molar-refractivity contribution < 1.29 is 32.1 Å². The van der Waals surface area contributed by atoms with Gasteiger partial charge in [0.15, 0.2) is 1.41 Å². The van der Waals surface area contributed by atoms with Gasteiger partial charge in [0, 0.05) is 36.9 Å². The van der Waals surface area contributed by atoms with E-state index in [4.69, 9.17) is 15.8 Å². The summed E-state index contributed by atoms with van der Waals surface area (Å²) in [5.41, 5.74) is 0.637. The number of alkyl halides is 2. The number of halogens is 3. The summed E-state index contributed by atoms with van der Waals surface area (Å²) in [7, 11) is 0. The molecule has 2 heterocycles. The molecule has 4 rings (SSSR count). The summed E-state index contributed by atoms with van der Waals surface area (Å²) < 4.78 is 52.9. The minimum absolute atomic E-state index is 0.0295. The van der Waals surface area contributed by atoms with Crippen molar-refractivity contribution in [3.8, 4) is 0 Å². The smallest absolute Gasteiger partial charge is 0.322 e. The summed E-state index contributed by atoms with van der Waals surface area (Å²) in [5.74, 6) is -7.93. The molecule has 2 atom stereocenters. The lowest BCUT2D eigenvalue weighted by molar-refractivity contribution is -0.144. The van der Waals surface area contributed by atoms with Crippen LogP contribution in [0.4, 0.5) is 8.78 Å². The zero-order chi connectivity index (χ0) is 25.7. The second-order valence-corrected chi connectivity index (χ2v) is 7.93. The molecule has 0 saturated carbocycles. The average molecular weight is 464 g/mol. The molecule has 3 amide bonds. The Kier molecular flexibility index (Phi) is 4.86. The molecule has 2 aliphatic heterocycles. The van der Waals surface area contributed by atoms with Crippen LogP contribution < -0.4 is 5.31 Å². The van der Waals surface area contributed by atoms with Crippen LogP contribution in [0.2, 0.25) is 6.43 Å². The number of carbonyl (C=O) groups is 4. The largest absolute Gasteiger partial charge is 0.330 e. The van der Waals surface area contributed by atoms with Gasteiger partial charge in [-0.15, -0.1) is 0 Å². The van der Waals surface area contributed by atoms with Crippen molar-refractivity contribution in [2.75, 3.05) is 0 Å². The van der Waals surface area contributed by atoms with Crippen molar-refractivity contribution in [2.24, 2.45) is 0 Å². The summed E-state index contributed by atoms with van der Waals surface area (Å²) in [6.07, 6.45) is -2.61. The molecule has 1 fully saturated rings. The highest BCUT2D eigenvalue weighted by molar-refractivity contribution is 6.30. The molecule has 9 heteroatoms. The second kappa shape index (κ2) is 8.43. The van der Waals surface area contributed by atoms with Crippen LogP contribution >= 0.6 is 11.6 Å². The molecule has 1 N–H and O–H groups in total. The van der Waals surface area contributed by atoms with E-state index in [1.807, 2.05) is 0 Å². The summed E-state index contributed by atoms with van der Waals surface area (Å²) in [6.45, 7) is -0.194. The number of hydrogen-bond acceptors (Lipinski definition) is 4. The molecule has 0 bridgehead atoms. The van der Waals surface area contributed by atoms with Crippen LogP contribution in [0.3, 0.4) is 0 Å². The van der Waals surface area contributed by atoms with Crippen molar-refractivity contribution in [1.29, 1.82) is 0 Å². The van der Waals surface area contributed by atoms with Crippen LogP contribution in [0, 0.1) is 0 Å². The first kappa shape index (κ1) is 18.4. The lowest BCUT2D eigenvalue weighted by atomic mass is 9.97. The van der Waals surface area contributed by atoms with E-state index in [1.54, 1.807) is 6.07 Å². The maximum atomic E-state index is 14.5. The lowest BCUT2D eigenvalue weighted by Crippen LogP contribution is -2.52. The Labute approximate surface area is 191 Å². The molecule has 6 nitrogen and oxygen atoms in total. The van der Waals surface area contributed by atoms with Gasteiger partial charge < -0.3 is 4.90 Å². The Morgan fingerprint density at radius 2 is 1.97 bits per heavy atom. The summed E-state index contributed by atoms with van der Waals surface area (Å²) in [5, 5.41) is 0.214. The number of benzene rings is 2. The van der Waals surface area contributed by atoms with Gasteiger partial charge in [-0.05, 0) is 42.2 Å². The number of amides is 3. The number of rotatable bonds is 6. The summed E-state index contributed by atoms with van der Waals surface area (Å²) in [4.78, 5) is 50.3. The number of hydrogen-bond donors (Lipinski definition) is 1. The predicted molar refractivity (Wildman–Crippen MR) is 111 cm³/mol. The third kappa shape index (κ3) is 4.14. The molecule has 2 aliphatic rings. The molecule has 32 heavy (non-hydrogen) atoms. The van der Waals surface area contributed by atoms with Gasteiger partial charge in [-0.25, -0.2) is 0 Å². The van der Waals surface area contributed by atoms with Crippen LogP contribution in [0.15, 0.2) is 42.5 Å². The van der Waals surface area contributed by atoms with E-state index >= 15 is 0 Å². The Hall–Kier alpha value is -3.13. The van der Waals surface area contributed by atoms with Crippen molar-refractivity contribution in [3.05, 3.63) is 69.7 Å². The quantitative estimate of drug-likeness (QED) is 0.665. The number of fused-ring (bicyclic) bond motifs is 1. The zero-order valence-corrected chi connectivity index (χ0v) is 17.4. The standard InChI is InChI=1S/C23H19ClF2N2O4/c24-16-5-3-15(4-6-16)23(25,26)19(29)9-2-13-1-7-17-14(11-13)12-28(22(17)32)18-8-10-20(30)27-21(18)31/h1,3-7,11,18H,2,8-10,12H2,(H,27,30,31)/t18-/m0/s1/i10D,18D/hD/t10?,18-. The SMILES string of the molecule is [2H]C1C[C@]([2H])(N2Cc3cc(CCC(=O)C(F)(F)c4ccc(Cl)cc4)ccc3C2=O)C(=O)N([2H])C1=O. The van der Waals surface area contributed by atoms with Crippen LogP contribution in [-0.4, -0.2) is 34.4 Å². The number of nitrogens with zero attached hydrogens (tertiary/aromatic N) is 1. The normalized spacial score (nSPS) is 24.8. The molecule has 0 aromatic heterocycles. The van der Waals surface area contributed by atoms with Crippen molar-refractivity contribution in [1.82, 2.24) is 10.2 Å². The van der Waals surface area contributed by atoms with Gasteiger partial charge in [0.25, 0.3) is 5.91 Å². The Morgan fingerprint density at radius 1 is 1.25 bits per heavy atom. The molecule has 166 valence electrons. The van der Waals surface area contributed by atoms with Crippen molar-refractivity contribution >= 4 is 35.1 Å². The molecular formula is C23H19ClF2N2O4. The first-order valence-electron chi connectivity index (χ1n) is 11.3. The van der Waals surface area contributed by atoms with Crippen molar-refractivity contribution in [2.45, 2.75) is 44.1 Å². The Morgan fingerprint density at radius 3 is 2.69 bits per heavy atom. The highest BCUT2D eigenvalue weighted by atomic mass is 35.5. The second-order valence-electron chi connectivity index (χ2n) is 7.50. The van der Waals surface area contributed by atoms with E-state index in [-0.39, 0.29) is 28.9 Å². The number of nitrogens with one attached hydrogen (secondary N) is 1. The predicted octanol–water partition coefficient (Wildman–Crippen LogP) is 3.39. The number of aryl methyl sites for hydroxylation is 1. The van der Waals surface area contributed by atoms with Gasteiger partial charge >= 0.3 is 5.92 Å². The fraction of sp³-hybridized carbons (Fsp3) is 0.304. The molecule has 1 unspecified atom stereocenters. The highest BCUT2D eigenvalue weighted by Gasteiger charge is 2.41. The number of carbonyl (C=O) groups excluding carboxylic acids is 4. The molecule has 0 spiro atoms. The third-order valence-corrected chi connectivity index (χ3v) is 5.68. The average Bonchev–Trinajstić information content (AvgIpc) is 3.16. The van der Waals surface area contributed by atoms with Crippen LogP contribution in [0.25, 0.3) is 0 Å². The maximum Gasteiger partial charge on any atom is 0.330 e. The molecule has 0 radical (unpaired) electrons. The summed E-state index contributed by atoms with van der Waals surface area (Å²) >= 11 is 5.71. The highest BCUT2D eigenvalue weighted by Crippen LogP contribution is 2.32. The van der Waals surface area contributed by atoms with E-state index in [0.717, 1.165) is 17.0 Å². The van der Waals surface area contributed by atoms with E-state index < -0.39 is 60.2 Å². The zero-order valence-electron chi connectivity index (χ0n) is 19.6. The topological polar surface area (TPSA) is 83.6 Å². The number of ketones is 1. The van der Waals surface area contributed by atoms with Gasteiger partial charge in [-0.3, -0.25) is 24.5 Å². The monoisotopic (exact) mass is 463 g/mol. The number of piperidine rings is 1. The molecule has 0 aliphatic carbocycles. The lowest BCUT2D eigenvalue weighted by Gasteiger charge is -2.29. The molecule has 2 aromatic rings. The van der Waals surface area contributed by atoms with Crippen LogP contribution in [-0.2, 0) is 33.3 Å². The number of imide groups is 1. The molecular weight excluding hydrogens is 442 g/mol. The third-order valence-electron chi connectivity index (χ3n) is 5.43. The van der Waals surface area contributed by atoms with Gasteiger partial charge in [0.2, 0.25) is 17.6 Å². The number of Topliss-reactive ketones (excluding diaryl/α,β-unsaturated/α-hetero) is 1. The summed E-state index contributed by atoms with van der Waals surface area (Å²) in [6, 6.07) is 6.90. The fourth-order valence-electron chi connectivity index (χ4n) is 3.69. The van der Waals surface area contributed by atoms with Crippen molar-refractivity contribution in [3.63, 3.8) is 0 Å². The van der Waals surface area contributed by atoms with Crippen LogP contribution in [0.5, 0.6) is 0 Å². The molecule has 2 aromatic carbocycles. The first-order valence-corrected chi connectivity index (χ1v) is 10.1. The van der Waals surface area contributed by atoms with E-state index in [2.05, 4.69) is 0 Å². The van der Waals surface area contributed by atoms with Gasteiger partial charge in [-0.1, -0.05) is 35.9 Å².